The van der Waals surface area contributed by atoms with Crippen LogP contribution in [0.5, 0.6) is 0 Å². The molecule has 1 aliphatic rings. The molecule has 0 atom stereocenters. The van der Waals surface area contributed by atoms with E-state index in [1.165, 1.54) is 50.1 Å². The molecule has 31 heavy (non-hydrogen) atoms. The fourth-order valence-electron chi connectivity index (χ4n) is 5.00. The van der Waals surface area contributed by atoms with Crippen LogP contribution in [-0.2, 0) is 0 Å². The number of anilines is 2. The molecule has 5 rings (SSSR count). The normalized spacial score (nSPS) is 12.5. The van der Waals surface area contributed by atoms with Gasteiger partial charge in [0.05, 0.1) is 0 Å². The van der Waals surface area contributed by atoms with Crippen LogP contribution in [0.25, 0.3) is 11.1 Å². The van der Waals surface area contributed by atoms with Gasteiger partial charge in [0.15, 0.2) is 0 Å². The quantitative estimate of drug-likeness (QED) is 0.251. The van der Waals surface area contributed by atoms with E-state index in [-0.39, 0.29) is 6.85 Å². The van der Waals surface area contributed by atoms with Gasteiger partial charge in [-0.05, 0) is 67.6 Å². The molecule has 0 saturated heterocycles. The van der Waals surface area contributed by atoms with E-state index in [4.69, 9.17) is 0 Å². The van der Waals surface area contributed by atoms with Crippen molar-refractivity contribution in [1.29, 1.82) is 0 Å². The Morgan fingerprint density at radius 3 is 1.97 bits per heavy atom. The maximum atomic E-state index is 3.74. The largest absolute Gasteiger partial charge is 0.376 e. The molecular weight excluding hydrogens is 509 g/mol. The van der Waals surface area contributed by atoms with Gasteiger partial charge in [-0.1, -0.05) is 97.1 Å². The molecule has 1 nitrogen and oxygen atoms in total. The molecule has 0 saturated carbocycles. The lowest BCUT2D eigenvalue weighted by Crippen LogP contribution is -2.59. The first-order valence-electron chi connectivity index (χ1n) is 10.5. The topological polar surface area (TPSA) is 3.24 Å². The number of rotatable bonds is 2. The lowest BCUT2D eigenvalue weighted by atomic mass is 9.44. The SMILES string of the molecule is Cc1cc(C)c(B2c3cc(Br)ccc3-c3ccc(Br)cc3N2c2ccccc2)c(C)c1. The van der Waals surface area contributed by atoms with Crippen molar-refractivity contribution in [3.8, 4) is 11.1 Å². The molecule has 0 fully saturated rings. The summed E-state index contributed by atoms with van der Waals surface area (Å²) in [5.74, 6) is 0. The molecule has 0 unspecified atom stereocenters. The summed E-state index contributed by atoms with van der Waals surface area (Å²) in [4.78, 5) is 2.50. The Kier molecular flexibility index (Phi) is 5.31. The van der Waals surface area contributed by atoms with Gasteiger partial charge in [-0.2, -0.15) is 0 Å². The molecule has 4 aromatic carbocycles. The van der Waals surface area contributed by atoms with E-state index in [0.29, 0.717) is 0 Å². The summed E-state index contributed by atoms with van der Waals surface area (Å²) in [6.07, 6.45) is 0. The minimum absolute atomic E-state index is 0.0808. The van der Waals surface area contributed by atoms with Crippen molar-refractivity contribution in [3.63, 3.8) is 0 Å². The van der Waals surface area contributed by atoms with Crippen molar-refractivity contribution >= 4 is 61.0 Å². The highest BCUT2D eigenvalue weighted by Crippen LogP contribution is 2.41. The van der Waals surface area contributed by atoms with Gasteiger partial charge in [-0.3, -0.25) is 0 Å². The monoisotopic (exact) mass is 529 g/mol. The third-order valence-electron chi connectivity index (χ3n) is 6.12. The number of hydrogen-bond donors (Lipinski definition) is 0. The van der Waals surface area contributed by atoms with Crippen molar-refractivity contribution in [1.82, 2.24) is 0 Å². The highest BCUT2D eigenvalue weighted by atomic mass is 79.9. The molecular formula is C27H22BBr2N. The van der Waals surface area contributed by atoms with Gasteiger partial charge >= 0.3 is 6.85 Å². The summed E-state index contributed by atoms with van der Waals surface area (Å²) in [7, 11) is 0. The summed E-state index contributed by atoms with van der Waals surface area (Å²) < 4.78 is 2.19. The fourth-order valence-corrected chi connectivity index (χ4v) is 5.73. The Morgan fingerprint density at radius 2 is 1.29 bits per heavy atom. The zero-order chi connectivity index (χ0) is 21.7. The summed E-state index contributed by atoms with van der Waals surface area (Å²) in [5, 5.41) is 0. The second kappa shape index (κ2) is 8.00. The zero-order valence-corrected chi connectivity index (χ0v) is 21.0. The first-order valence-corrected chi connectivity index (χ1v) is 12.0. The van der Waals surface area contributed by atoms with E-state index in [0.717, 1.165) is 8.95 Å². The first kappa shape index (κ1) is 20.6. The van der Waals surface area contributed by atoms with Gasteiger partial charge < -0.3 is 4.81 Å². The van der Waals surface area contributed by atoms with Crippen LogP contribution in [0.1, 0.15) is 16.7 Å². The van der Waals surface area contributed by atoms with Gasteiger partial charge in [0, 0.05) is 25.9 Å². The summed E-state index contributed by atoms with van der Waals surface area (Å²) in [6.45, 7) is 6.74. The predicted octanol–water partition coefficient (Wildman–Crippen LogP) is 7.06. The van der Waals surface area contributed by atoms with Crippen LogP contribution in [0, 0.1) is 20.8 Å². The van der Waals surface area contributed by atoms with Crippen LogP contribution in [0.2, 0.25) is 0 Å². The van der Waals surface area contributed by atoms with Crippen molar-refractivity contribution in [2.75, 3.05) is 4.81 Å². The number of nitrogens with zero attached hydrogens (tertiary/aromatic N) is 1. The number of halogens is 2. The number of para-hydroxylation sites is 1. The summed E-state index contributed by atoms with van der Waals surface area (Å²) in [5.41, 5.74) is 11.6. The van der Waals surface area contributed by atoms with Crippen molar-refractivity contribution < 1.29 is 0 Å². The molecule has 0 N–H and O–H groups in total. The van der Waals surface area contributed by atoms with E-state index in [1.54, 1.807) is 0 Å². The van der Waals surface area contributed by atoms with E-state index in [9.17, 15) is 0 Å². The van der Waals surface area contributed by atoms with Gasteiger partial charge in [0.1, 0.15) is 0 Å². The Labute approximate surface area is 201 Å². The molecule has 1 heterocycles. The molecule has 0 radical (unpaired) electrons. The van der Waals surface area contributed by atoms with Crippen molar-refractivity contribution in [2.45, 2.75) is 20.8 Å². The Balaban J connectivity index is 1.90. The van der Waals surface area contributed by atoms with Crippen LogP contribution in [-0.4, -0.2) is 6.85 Å². The standard InChI is InChI=1S/C27H22BBr2N/c1-17-13-18(2)27(19(3)14-17)28-25-15-20(29)9-11-23(25)24-12-10-21(30)16-26(24)31(28)22-7-5-4-6-8-22/h4-16H,1-3H3. The van der Waals surface area contributed by atoms with Gasteiger partial charge in [-0.15, -0.1) is 0 Å². The Hall–Kier alpha value is -2.30. The number of hydrogen-bond acceptors (Lipinski definition) is 1. The minimum atomic E-state index is 0.0808. The van der Waals surface area contributed by atoms with Crippen molar-refractivity contribution in [2.24, 2.45) is 0 Å². The average molecular weight is 531 g/mol. The number of aryl methyl sites for hydroxylation is 3. The molecule has 0 spiro atoms. The maximum Gasteiger partial charge on any atom is 0.329 e. The molecule has 1 aliphatic heterocycles. The van der Waals surface area contributed by atoms with Crippen LogP contribution >= 0.6 is 31.9 Å². The molecule has 4 heteroatoms. The van der Waals surface area contributed by atoms with Crippen LogP contribution in [0.15, 0.2) is 87.8 Å². The summed E-state index contributed by atoms with van der Waals surface area (Å²) >= 11 is 7.46. The third-order valence-corrected chi connectivity index (χ3v) is 7.11. The minimum Gasteiger partial charge on any atom is -0.376 e. The van der Waals surface area contributed by atoms with E-state index < -0.39 is 0 Å². The molecule has 4 aromatic rings. The Morgan fingerprint density at radius 1 is 0.677 bits per heavy atom. The molecule has 0 amide bonds. The highest BCUT2D eigenvalue weighted by Gasteiger charge is 2.38. The zero-order valence-electron chi connectivity index (χ0n) is 17.8. The highest BCUT2D eigenvalue weighted by molar-refractivity contribution is 9.10. The van der Waals surface area contributed by atoms with Crippen LogP contribution in [0.3, 0.4) is 0 Å². The molecule has 152 valence electrons. The lowest BCUT2D eigenvalue weighted by Gasteiger charge is -2.40. The molecule has 0 bridgehead atoms. The fraction of sp³-hybridized carbons (Fsp3) is 0.111. The van der Waals surface area contributed by atoms with Crippen LogP contribution < -0.4 is 15.7 Å². The molecule has 0 aliphatic carbocycles. The Bertz CT molecular complexity index is 1280. The number of fused-ring (bicyclic) bond motifs is 3. The van der Waals surface area contributed by atoms with E-state index in [2.05, 4.69) is 136 Å². The van der Waals surface area contributed by atoms with E-state index in [1.807, 2.05) is 0 Å². The lowest BCUT2D eigenvalue weighted by molar-refractivity contribution is 1.32. The van der Waals surface area contributed by atoms with Gasteiger partial charge in [-0.25, -0.2) is 0 Å². The smallest absolute Gasteiger partial charge is 0.329 e. The first-order chi connectivity index (χ1) is 14.9. The van der Waals surface area contributed by atoms with Crippen molar-refractivity contribution in [3.05, 3.63) is 104 Å². The summed E-state index contributed by atoms with van der Waals surface area (Å²) in [6, 6.07) is 28.7. The molecule has 0 aromatic heterocycles. The van der Waals surface area contributed by atoms with Gasteiger partial charge in [0.2, 0.25) is 0 Å². The maximum absolute atomic E-state index is 3.74. The average Bonchev–Trinajstić information content (AvgIpc) is 2.73. The second-order valence-corrected chi connectivity index (χ2v) is 10.1. The number of benzene rings is 4. The second-order valence-electron chi connectivity index (χ2n) is 8.31. The van der Waals surface area contributed by atoms with Gasteiger partial charge in [0.25, 0.3) is 0 Å². The van der Waals surface area contributed by atoms with E-state index >= 15 is 0 Å². The third kappa shape index (κ3) is 3.56. The predicted molar refractivity (Wildman–Crippen MR) is 142 cm³/mol. The van der Waals surface area contributed by atoms with Crippen LogP contribution in [0.4, 0.5) is 11.4 Å².